The Morgan fingerprint density at radius 3 is 2.81 bits per heavy atom. The van der Waals surface area contributed by atoms with Gasteiger partial charge in [-0.1, -0.05) is 0 Å². The molecule has 1 aromatic rings. The molecule has 1 aliphatic heterocycles. The van der Waals surface area contributed by atoms with Crippen LogP contribution in [0.4, 0.5) is 0 Å². The molecule has 1 saturated carbocycles. The van der Waals surface area contributed by atoms with Crippen molar-refractivity contribution in [3.05, 3.63) is 16.1 Å². The highest BCUT2D eigenvalue weighted by molar-refractivity contribution is 7.09. The lowest BCUT2D eigenvalue weighted by molar-refractivity contribution is 0.234. The van der Waals surface area contributed by atoms with Gasteiger partial charge in [0.15, 0.2) is 0 Å². The van der Waals surface area contributed by atoms with Gasteiger partial charge in [0, 0.05) is 43.5 Å². The Bertz CT molecular complexity index is 332. The van der Waals surface area contributed by atoms with Gasteiger partial charge in [0.1, 0.15) is 0 Å². The summed E-state index contributed by atoms with van der Waals surface area (Å²) in [4.78, 5) is 8.57. The highest BCUT2D eigenvalue weighted by Gasteiger charge is 2.28. The molecule has 0 spiro atoms. The SMILES string of the molecule is Cl.c1nc(C2CC2)c(CN2CCNCC2)s1. The van der Waals surface area contributed by atoms with Gasteiger partial charge in [-0.05, 0) is 12.8 Å². The predicted molar refractivity (Wildman–Crippen MR) is 69.5 cm³/mol. The molecule has 0 unspecified atom stereocenters. The molecular formula is C11H18ClN3S. The van der Waals surface area contributed by atoms with Crippen molar-refractivity contribution in [2.75, 3.05) is 26.2 Å². The Kier molecular flexibility index (Phi) is 4.19. The van der Waals surface area contributed by atoms with Crippen LogP contribution in [0.1, 0.15) is 29.3 Å². The van der Waals surface area contributed by atoms with E-state index in [1.54, 1.807) is 0 Å². The Morgan fingerprint density at radius 2 is 2.12 bits per heavy atom. The first-order valence-electron chi connectivity index (χ1n) is 5.79. The second-order valence-electron chi connectivity index (χ2n) is 4.46. The zero-order chi connectivity index (χ0) is 10.1. The topological polar surface area (TPSA) is 28.2 Å². The van der Waals surface area contributed by atoms with Gasteiger partial charge < -0.3 is 5.32 Å². The van der Waals surface area contributed by atoms with E-state index in [9.17, 15) is 0 Å². The molecule has 1 saturated heterocycles. The molecule has 1 N–H and O–H groups in total. The van der Waals surface area contributed by atoms with E-state index in [0.717, 1.165) is 25.6 Å². The molecule has 0 amide bonds. The number of hydrogen-bond acceptors (Lipinski definition) is 4. The summed E-state index contributed by atoms with van der Waals surface area (Å²) >= 11 is 1.84. The van der Waals surface area contributed by atoms with Crippen LogP contribution in [0.3, 0.4) is 0 Å². The fraction of sp³-hybridized carbons (Fsp3) is 0.727. The minimum Gasteiger partial charge on any atom is -0.314 e. The van der Waals surface area contributed by atoms with E-state index in [4.69, 9.17) is 0 Å². The normalized spacial score (nSPS) is 21.8. The molecule has 5 heteroatoms. The smallest absolute Gasteiger partial charge is 0.0798 e. The van der Waals surface area contributed by atoms with Gasteiger partial charge in [0.05, 0.1) is 11.2 Å². The van der Waals surface area contributed by atoms with Crippen LogP contribution in [0.15, 0.2) is 5.51 Å². The van der Waals surface area contributed by atoms with Crippen molar-refractivity contribution >= 4 is 23.7 Å². The Labute approximate surface area is 107 Å². The lowest BCUT2D eigenvalue weighted by Gasteiger charge is -2.26. The molecule has 0 bridgehead atoms. The van der Waals surface area contributed by atoms with Crippen molar-refractivity contribution in [2.24, 2.45) is 0 Å². The van der Waals surface area contributed by atoms with Crippen LogP contribution in [0, 0.1) is 0 Å². The summed E-state index contributed by atoms with van der Waals surface area (Å²) in [6.45, 7) is 5.76. The number of rotatable bonds is 3. The number of piperazine rings is 1. The van der Waals surface area contributed by atoms with Gasteiger partial charge in [-0.3, -0.25) is 4.90 Å². The summed E-state index contributed by atoms with van der Waals surface area (Å²) in [5, 5.41) is 3.39. The van der Waals surface area contributed by atoms with Gasteiger partial charge in [-0.25, -0.2) is 4.98 Å². The number of hydrogen-bond donors (Lipinski definition) is 1. The van der Waals surface area contributed by atoms with Crippen molar-refractivity contribution in [2.45, 2.75) is 25.3 Å². The van der Waals surface area contributed by atoms with Crippen LogP contribution in [0.2, 0.25) is 0 Å². The second kappa shape index (κ2) is 5.45. The van der Waals surface area contributed by atoms with Crippen LogP contribution >= 0.6 is 23.7 Å². The highest BCUT2D eigenvalue weighted by atomic mass is 35.5. The molecular weight excluding hydrogens is 242 g/mol. The van der Waals surface area contributed by atoms with Crippen molar-refractivity contribution in [3.63, 3.8) is 0 Å². The lowest BCUT2D eigenvalue weighted by Crippen LogP contribution is -2.42. The molecule has 16 heavy (non-hydrogen) atoms. The maximum atomic E-state index is 4.52. The maximum absolute atomic E-state index is 4.52. The average Bonchev–Trinajstić information content (AvgIpc) is 3.02. The van der Waals surface area contributed by atoms with E-state index < -0.39 is 0 Å². The van der Waals surface area contributed by atoms with Gasteiger partial charge in [-0.15, -0.1) is 23.7 Å². The fourth-order valence-corrected chi connectivity index (χ4v) is 3.05. The Morgan fingerprint density at radius 1 is 1.38 bits per heavy atom. The number of nitrogens with one attached hydrogen (secondary N) is 1. The van der Waals surface area contributed by atoms with E-state index >= 15 is 0 Å². The first-order chi connectivity index (χ1) is 7.43. The largest absolute Gasteiger partial charge is 0.314 e. The zero-order valence-corrected chi connectivity index (χ0v) is 10.9. The standard InChI is InChI=1S/C11H17N3S.ClH/c1-2-9(1)11-10(15-8-13-11)7-14-5-3-12-4-6-14;/h8-9,12H,1-7H2;1H. The monoisotopic (exact) mass is 259 g/mol. The minimum atomic E-state index is 0. The number of thiazole rings is 1. The van der Waals surface area contributed by atoms with Gasteiger partial charge in [0.25, 0.3) is 0 Å². The van der Waals surface area contributed by atoms with E-state index in [-0.39, 0.29) is 12.4 Å². The molecule has 1 aromatic heterocycles. The van der Waals surface area contributed by atoms with Crippen molar-refractivity contribution < 1.29 is 0 Å². The van der Waals surface area contributed by atoms with Crippen LogP contribution < -0.4 is 5.32 Å². The van der Waals surface area contributed by atoms with E-state index in [1.807, 2.05) is 16.8 Å². The summed E-state index contributed by atoms with van der Waals surface area (Å²) in [5.74, 6) is 0.800. The predicted octanol–water partition coefficient (Wildman–Crippen LogP) is 1.85. The quantitative estimate of drug-likeness (QED) is 0.898. The Balaban J connectivity index is 0.000000963. The minimum absolute atomic E-state index is 0. The van der Waals surface area contributed by atoms with Crippen LogP contribution in [0.25, 0.3) is 0 Å². The Hall–Kier alpha value is -0.160. The highest BCUT2D eigenvalue weighted by Crippen LogP contribution is 2.42. The van der Waals surface area contributed by atoms with Gasteiger partial charge >= 0.3 is 0 Å². The van der Waals surface area contributed by atoms with Crippen molar-refractivity contribution in [1.82, 2.24) is 15.2 Å². The molecule has 2 aliphatic rings. The molecule has 2 heterocycles. The summed E-state index contributed by atoms with van der Waals surface area (Å²) in [6, 6.07) is 0. The molecule has 90 valence electrons. The fourth-order valence-electron chi connectivity index (χ4n) is 2.16. The van der Waals surface area contributed by atoms with E-state index in [0.29, 0.717) is 0 Å². The first-order valence-corrected chi connectivity index (χ1v) is 6.67. The third-order valence-corrected chi connectivity index (χ3v) is 4.05. The molecule has 0 radical (unpaired) electrons. The number of halogens is 1. The van der Waals surface area contributed by atoms with Crippen LogP contribution in [-0.2, 0) is 6.54 Å². The lowest BCUT2D eigenvalue weighted by atomic mass is 10.2. The number of aromatic nitrogens is 1. The molecule has 2 fully saturated rings. The van der Waals surface area contributed by atoms with Crippen LogP contribution in [-0.4, -0.2) is 36.1 Å². The summed E-state index contributed by atoms with van der Waals surface area (Å²) in [6.07, 6.45) is 2.72. The van der Waals surface area contributed by atoms with Gasteiger partial charge in [-0.2, -0.15) is 0 Å². The number of nitrogens with zero attached hydrogens (tertiary/aromatic N) is 2. The molecule has 3 nitrogen and oxygen atoms in total. The van der Waals surface area contributed by atoms with Gasteiger partial charge in [0.2, 0.25) is 0 Å². The first kappa shape index (κ1) is 12.3. The summed E-state index contributed by atoms with van der Waals surface area (Å²) in [7, 11) is 0. The molecule has 0 atom stereocenters. The van der Waals surface area contributed by atoms with Crippen LogP contribution in [0.5, 0.6) is 0 Å². The molecule has 3 rings (SSSR count). The van der Waals surface area contributed by atoms with Crippen molar-refractivity contribution in [3.8, 4) is 0 Å². The third kappa shape index (κ3) is 2.74. The molecule has 0 aromatic carbocycles. The second-order valence-corrected chi connectivity index (χ2v) is 5.40. The maximum Gasteiger partial charge on any atom is 0.0798 e. The summed E-state index contributed by atoms with van der Waals surface area (Å²) in [5.41, 5.74) is 3.42. The molecule has 1 aliphatic carbocycles. The third-order valence-electron chi connectivity index (χ3n) is 3.21. The van der Waals surface area contributed by atoms with E-state index in [1.165, 1.54) is 36.5 Å². The van der Waals surface area contributed by atoms with Crippen molar-refractivity contribution in [1.29, 1.82) is 0 Å². The summed E-state index contributed by atoms with van der Waals surface area (Å²) < 4.78 is 0. The van der Waals surface area contributed by atoms with E-state index in [2.05, 4.69) is 15.2 Å². The average molecular weight is 260 g/mol. The zero-order valence-electron chi connectivity index (χ0n) is 9.32.